The van der Waals surface area contributed by atoms with Gasteiger partial charge in [-0.25, -0.2) is 9.18 Å². The third-order valence-electron chi connectivity index (χ3n) is 4.10. The minimum atomic E-state index is -1.28. The van der Waals surface area contributed by atoms with E-state index in [4.69, 9.17) is 0 Å². The maximum Gasteiger partial charge on any atom is 0.325 e. The molecule has 0 aromatic heterocycles. The number of carbonyl (C=O) groups excluding carboxylic acids is 3. The van der Waals surface area contributed by atoms with Crippen LogP contribution in [-0.4, -0.2) is 29.3 Å². The molecule has 0 saturated carbocycles. The number of nitrogens with one attached hydrogen (secondary N) is 2. The maximum atomic E-state index is 13.2. The van der Waals surface area contributed by atoms with Crippen molar-refractivity contribution in [3.05, 3.63) is 64.4 Å². The van der Waals surface area contributed by atoms with Crippen LogP contribution in [0.5, 0.6) is 0 Å². The average Bonchev–Trinajstić information content (AvgIpc) is 2.79. The minimum absolute atomic E-state index is 0.246. The van der Waals surface area contributed by atoms with Crippen molar-refractivity contribution >= 4 is 39.5 Å². The maximum absolute atomic E-state index is 13.2. The molecule has 0 aliphatic carbocycles. The number of imide groups is 1. The molecule has 134 valence electrons. The fraction of sp³-hybridized carbons (Fsp3) is 0.167. The highest BCUT2D eigenvalue weighted by Crippen LogP contribution is 2.33. The van der Waals surface area contributed by atoms with E-state index in [1.807, 2.05) is 0 Å². The second-order valence-corrected chi connectivity index (χ2v) is 6.84. The normalized spacial score (nSPS) is 19.4. The molecule has 26 heavy (non-hydrogen) atoms. The van der Waals surface area contributed by atoms with Crippen molar-refractivity contribution in [2.75, 3.05) is 11.9 Å². The zero-order valence-corrected chi connectivity index (χ0v) is 15.3. The van der Waals surface area contributed by atoms with E-state index in [0.29, 0.717) is 10.0 Å². The summed E-state index contributed by atoms with van der Waals surface area (Å²) < 4.78 is 13.9. The van der Waals surface area contributed by atoms with Gasteiger partial charge in [-0.05, 0) is 31.2 Å². The van der Waals surface area contributed by atoms with E-state index in [1.54, 1.807) is 31.2 Å². The first kappa shape index (κ1) is 18.1. The molecule has 8 heteroatoms. The summed E-state index contributed by atoms with van der Waals surface area (Å²) in [6.45, 7) is 1.11. The van der Waals surface area contributed by atoms with Gasteiger partial charge in [0.15, 0.2) is 0 Å². The minimum Gasteiger partial charge on any atom is -0.324 e. The molecule has 1 atom stereocenters. The van der Waals surface area contributed by atoms with Gasteiger partial charge in [0.05, 0.1) is 0 Å². The van der Waals surface area contributed by atoms with Crippen LogP contribution < -0.4 is 10.6 Å². The summed E-state index contributed by atoms with van der Waals surface area (Å²) in [5.41, 5.74) is -0.446. The van der Waals surface area contributed by atoms with Crippen LogP contribution in [0.2, 0.25) is 0 Å². The Balaban J connectivity index is 1.77. The van der Waals surface area contributed by atoms with Crippen LogP contribution in [0, 0.1) is 5.82 Å². The highest BCUT2D eigenvalue weighted by molar-refractivity contribution is 9.10. The van der Waals surface area contributed by atoms with Gasteiger partial charge in [0.25, 0.3) is 5.91 Å². The quantitative estimate of drug-likeness (QED) is 0.747. The Bertz CT molecular complexity index is 905. The van der Waals surface area contributed by atoms with Gasteiger partial charge in [-0.1, -0.05) is 40.2 Å². The van der Waals surface area contributed by atoms with E-state index >= 15 is 0 Å². The van der Waals surface area contributed by atoms with Crippen molar-refractivity contribution in [2.45, 2.75) is 12.5 Å². The number of anilines is 1. The van der Waals surface area contributed by atoms with Gasteiger partial charge in [-0.15, -0.1) is 0 Å². The van der Waals surface area contributed by atoms with Crippen LogP contribution in [0.1, 0.15) is 12.5 Å². The fourth-order valence-electron chi connectivity index (χ4n) is 2.80. The largest absolute Gasteiger partial charge is 0.325 e. The van der Waals surface area contributed by atoms with Crippen LogP contribution in [0.25, 0.3) is 0 Å². The zero-order valence-electron chi connectivity index (χ0n) is 13.8. The van der Waals surface area contributed by atoms with Crippen molar-refractivity contribution in [1.29, 1.82) is 0 Å². The molecule has 1 aliphatic heterocycles. The van der Waals surface area contributed by atoms with Gasteiger partial charge in [0.1, 0.15) is 17.9 Å². The third-order valence-corrected chi connectivity index (χ3v) is 4.79. The summed E-state index contributed by atoms with van der Waals surface area (Å²) >= 11 is 3.37. The van der Waals surface area contributed by atoms with Crippen LogP contribution in [-0.2, 0) is 15.1 Å². The Kier molecular flexibility index (Phi) is 4.78. The lowest BCUT2D eigenvalue weighted by atomic mass is 9.92. The Labute approximate surface area is 157 Å². The van der Waals surface area contributed by atoms with E-state index in [-0.39, 0.29) is 5.69 Å². The molecule has 4 amide bonds. The average molecular weight is 420 g/mol. The molecule has 1 heterocycles. The zero-order chi connectivity index (χ0) is 18.9. The van der Waals surface area contributed by atoms with Gasteiger partial charge in [0.2, 0.25) is 5.91 Å². The monoisotopic (exact) mass is 419 g/mol. The SMILES string of the molecule is C[C@]1(c2ccccc2Br)NC(=O)N(CC(=O)Nc2cccc(F)c2)C1=O. The highest BCUT2D eigenvalue weighted by atomic mass is 79.9. The Morgan fingerprint density at radius 1 is 1.23 bits per heavy atom. The summed E-state index contributed by atoms with van der Waals surface area (Å²) in [5.74, 6) is -1.64. The molecular weight excluding hydrogens is 405 g/mol. The van der Waals surface area contributed by atoms with Crippen molar-refractivity contribution in [2.24, 2.45) is 0 Å². The Morgan fingerprint density at radius 3 is 2.65 bits per heavy atom. The Hall–Kier alpha value is -2.74. The molecule has 1 saturated heterocycles. The smallest absolute Gasteiger partial charge is 0.324 e. The molecular formula is C18H15BrFN3O3. The first-order valence-corrected chi connectivity index (χ1v) is 8.55. The van der Waals surface area contributed by atoms with Crippen molar-refractivity contribution in [1.82, 2.24) is 10.2 Å². The molecule has 3 rings (SSSR count). The molecule has 6 nitrogen and oxygen atoms in total. The molecule has 0 unspecified atom stereocenters. The van der Waals surface area contributed by atoms with Crippen LogP contribution >= 0.6 is 15.9 Å². The second-order valence-electron chi connectivity index (χ2n) is 5.98. The van der Waals surface area contributed by atoms with E-state index in [9.17, 15) is 18.8 Å². The lowest BCUT2D eigenvalue weighted by Crippen LogP contribution is -2.42. The number of nitrogens with zero attached hydrogens (tertiary/aromatic N) is 1. The number of halogens is 2. The number of hydrogen-bond acceptors (Lipinski definition) is 3. The summed E-state index contributed by atoms with van der Waals surface area (Å²) in [7, 11) is 0. The third kappa shape index (κ3) is 3.32. The summed E-state index contributed by atoms with van der Waals surface area (Å²) in [5, 5.41) is 5.10. The standard InChI is InChI=1S/C18H15BrFN3O3/c1-18(13-7-2-3-8-14(13)19)16(25)23(17(26)22-18)10-15(24)21-12-6-4-5-11(20)9-12/h2-9H,10H2,1H3,(H,21,24)(H,22,26)/t18-/m1/s1. The summed E-state index contributed by atoms with van der Waals surface area (Å²) in [6, 6.07) is 11.7. The van der Waals surface area contributed by atoms with Gasteiger partial charge in [0, 0.05) is 15.7 Å². The van der Waals surface area contributed by atoms with Crippen LogP contribution in [0.3, 0.4) is 0 Å². The lowest BCUT2D eigenvalue weighted by molar-refractivity contribution is -0.133. The van der Waals surface area contributed by atoms with Crippen LogP contribution in [0.4, 0.5) is 14.9 Å². The number of carbonyl (C=O) groups is 3. The molecule has 1 fully saturated rings. The molecule has 0 bridgehead atoms. The predicted octanol–water partition coefficient (Wildman–Crippen LogP) is 2.99. The predicted molar refractivity (Wildman–Crippen MR) is 96.8 cm³/mol. The fourth-order valence-corrected chi connectivity index (χ4v) is 3.48. The van der Waals surface area contributed by atoms with Crippen molar-refractivity contribution in [3.8, 4) is 0 Å². The number of rotatable bonds is 4. The van der Waals surface area contributed by atoms with Crippen molar-refractivity contribution in [3.63, 3.8) is 0 Å². The molecule has 0 spiro atoms. The first-order valence-electron chi connectivity index (χ1n) is 7.76. The molecule has 1 aliphatic rings. The van der Waals surface area contributed by atoms with Crippen molar-refractivity contribution < 1.29 is 18.8 Å². The Morgan fingerprint density at radius 2 is 1.96 bits per heavy atom. The van der Waals surface area contributed by atoms with Gasteiger partial charge >= 0.3 is 6.03 Å². The number of amides is 4. The lowest BCUT2D eigenvalue weighted by Gasteiger charge is -2.23. The number of urea groups is 1. The van der Waals surface area contributed by atoms with E-state index in [0.717, 1.165) is 11.0 Å². The van der Waals surface area contributed by atoms with E-state index in [2.05, 4.69) is 26.6 Å². The van der Waals surface area contributed by atoms with E-state index in [1.165, 1.54) is 18.2 Å². The number of benzene rings is 2. The second kappa shape index (κ2) is 6.87. The van der Waals surface area contributed by atoms with Crippen LogP contribution in [0.15, 0.2) is 53.0 Å². The topological polar surface area (TPSA) is 78.5 Å². The molecule has 2 aromatic rings. The van der Waals surface area contributed by atoms with Gasteiger partial charge in [-0.2, -0.15) is 0 Å². The highest BCUT2D eigenvalue weighted by Gasteiger charge is 2.50. The molecule has 2 aromatic carbocycles. The van der Waals surface area contributed by atoms with Gasteiger partial charge in [-0.3, -0.25) is 14.5 Å². The van der Waals surface area contributed by atoms with E-state index < -0.39 is 35.7 Å². The number of hydrogen-bond donors (Lipinski definition) is 2. The molecule has 2 N–H and O–H groups in total. The first-order chi connectivity index (χ1) is 12.3. The summed E-state index contributed by atoms with van der Waals surface area (Å²) in [4.78, 5) is 38.1. The molecule has 0 radical (unpaired) electrons. The summed E-state index contributed by atoms with van der Waals surface area (Å²) in [6.07, 6.45) is 0. The van der Waals surface area contributed by atoms with Gasteiger partial charge < -0.3 is 10.6 Å².